The topological polar surface area (TPSA) is 116 Å². The second kappa shape index (κ2) is 13.7. The summed E-state index contributed by atoms with van der Waals surface area (Å²) in [6, 6.07) is 28.4. The van der Waals surface area contributed by atoms with Crippen LogP contribution >= 0.6 is 0 Å². The molecule has 0 heterocycles. The number of carbonyl (C=O) groups is 4. The zero-order valence-corrected chi connectivity index (χ0v) is 23.0. The van der Waals surface area contributed by atoms with Gasteiger partial charge in [-0.2, -0.15) is 0 Å². The van der Waals surface area contributed by atoms with Gasteiger partial charge in [0.15, 0.2) is 0 Å². The van der Waals surface area contributed by atoms with Crippen molar-refractivity contribution in [2.75, 3.05) is 21.3 Å². The fraction of sp³-hybridized carbons (Fsp3) is 0.152. The van der Waals surface area contributed by atoms with Gasteiger partial charge in [-0.05, 0) is 92.1 Å². The van der Waals surface area contributed by atoms with Gasteiger partial charge in [0.05, 0.1) is 0 Å². The summed E-state index contributed by atoms with van der Waals surface area (Å²) in [6.45, 7) is 3.89. The van der Waals surface area contributed by atoms with Gasteiger partial charge in [0, 0.05) is 46.7 Å². The molecule has 4 N–H and O–H groups in total. The molecule has 0 aliphatic carbocycles. The summed E-state index contributed by atoms with van der Waals surface area (Å²) in [4.78, 5) is 50.2. The number of amides is 4. The molecule has 0 bridgehead atoms. The Morgan fingerprint density at radius 3 is 1.24 bits per heavy atom. The third kappa shape index (κ3) is 8.90. The van der Waals surface area contributed by atoms with Crippen molar-refractivity contribution in [3.05, 3.63) is 119 Å². The van der Waals surface area contributed by atoms with Crippen LogP contribution in [0.4, 0.5) is 22.7 Å². The van der Waals surface area contributed by atoms with E-state index in [0.717, 1.165) is 11.1 Å². The van der Waals surface area contributed by atoms with Gasteiger partial charge in [-0.3, -0.25) is 19.2 Å². The molecule has 0 atom stereocenters. The van der Waals surface area contributed by atoms with E-state index < -0.39 is 0 Å². The molecule has 0 aromatic heterocycles. The summed E-state index contributed by atoms with van der Waals surface area (Å²) in [5, 5.41) is 11.3. The first-order chi connectivity index (χ1) is 19.7. The Labute approximate surface area is 239 Å². The molecule has 208 valence electrons. The number of anilines is 4. The summed E-state index contributed by atoms with van der Waals surface area (Å²) in [5.74, 6) is -1.08. The molecule has 0 spiro atoms. The molecule has 0 fully saturated rings. The van der Waals surface area contributed by atoms with Crippen molar-refractivity contribution in [2.45, 2.75) is 33.1 Å². The molecule has 4 rings (SSSR count). The fourth-order valence-corrected chi connectivity index (χ4v) is 4.19. The molecule has 4 aromatic rings. The minimum absolute atomic E-state index is 0.131. The van der Waals surface area contributed by atoms with Crippen LogP contribution in [0.1, 0.15) is 51.1 Å². The van der Waals surface area contributed by atoms with Gasteiger partial charge in [-0.25, -0.2) is 0 Å². The monoisotopic (exact) mass is 548 g/mol. The molecular formula is C33H32N4O4. The second-order valence-electron chi connectivity index (χ2n) is 9.76. The minimum atomic E-state index is -0.278. The number of hydrogen-bond donors (Lipinski definition) is 4. The predicted octanol–water partition coefficient (Wildman–Crippen LogP) is 6.56. The van der Waals surface area contributed by atoms with Crippen molar-refractivity contribution >= 4 is 46.4 Å². The van der Waals surface area contributed by atoms with Crippen molar-refractivity contribution in [1.29, 1.82) is 0 Å². The van der Waals surface area contributed by atoms with Crippen LogP contribution in [0.25, 0.3) is 0 Å². The largest absolute Gasteiger partial charge is 0.326 e. The first kappa shape index (κ1) is 28.8. The molecule has 0 aliphatic rings. The van der Waals surface area contributed by atoms with Crippen molar-refractivity contribution in [2.24, 2.45) is 0 Å². The second-order valence-corrected chi connectivity index (χ2v) is 9.76. The molecule has 8 heteroatoms. The fourth-order valence-electron chi connectivity index (χ4n) is 4.19. The van der Waals surface area contributed by atoms with Crippen molar-refractivity contribution in [3.8, 4) is 0 Å². The van der Waals surface area contributed by atoms with E-state index in [4.69, 9.17) is 0 Å². The van der Waals surface area contributed by atoms with Crippen LogP contribution in [0, 0.1) is 13.8 Å². The Morgan fingerprint density at radius 1 is 0.488 bits per heavy atom. The highest BCUT2D eigenvalue weighted by Gasteiger charge is 2.11. The van der Waals surface area contributed by atoms with Crippen molar-refractivity contribution in [1.82, 2.24) is 0 Å². The lowest BCUT2D eigenvalue weighted by atomic mass is 10.1. The standard InChI is InChI=1S/C33H32N4O4/c1-22-8-3-12-26(18-22)36-32(40)24-10-5-14-28(20-24)34-30(38)16-7-17-31(39)35-29-15-6-11-25(21-29)33(41)37-27-13-4-9-23(2)19-27/h3-6,8-15,18-21H,7,16-17H2,1-2H3,(H,34,38)(H,35,39)(H,36,40)(H,37,41). The average Bonchev–Trinajstić information content (AvgIpc) is 2.93. The highest BCUT2D eigenvalue weighted by Crippen LogP contribution is 2.17. The van der Waals surface area contributed by atoms with E-state index in [1.165, 1.54) is 0 Å². The number of aryl methyl sites for hydroxylation is 2. The van der Waals surface area contributed by atoms with Crippen LogP contribution < -0.4 is 21.3 Å². The number of hydrogen-bond acceptors (Lipinski definition) is 4. The van der Waals surface area contributed by atoms with E-state index in [1.54, 1.807) is 48.5 Å². The minimum Gasteiger partial charge on any atom is -0.326 e. The highest BCUT2D eigenvalue weighted by molar-refractivity contribution is 6.06. The van der Waals surface area contributed by atoms with E-state index in [0.29, 0.717) is 40.3 Å². The van der Waals surface area contributed by atoms with Gasteiger partial charge >= 0.3 is 0 Å². The van der Waals surface area contributed by atoms with Gasteiger partial charge in [-0.15, -0.1) is 0 Å². The van der Waals surface area contributed by atoms with E-state index in [1.807, 2.05) is 62.4 Å². The summed E-state index contributed by atoms with van der Waals surface area (Å²) >= 11 is 0. The van der Waals surface area contributed by atoms with Crippen LogP contribution in [-0.4, -0.2) is 23.6 Å². The smallest absolute Gasteiger partial charge is 0.255 e. The lowest BCUT2D eigenvalue weighted by Gasteiger charge is -2.10. The quantitative estimate of drug-likeness (QED) is 0.180. The van der Waals surface area contributed by atoms with Gasteiger partial charge in [0.25, 0.3) is 11.8 Å². The van der Waals surface area contributed by atoms with E-state index >= 15 is 0 Å². The maximum absolute atomic E-state index is 12.6. The molecule has 4 amide bonds. The van der Waals surface area contributed by atoms with Crippen LogP contribution in [-0.2, 0) is 9.59 Å². The number of carbonyl (C=O) groups excluding carboxylic acids is 4. The van der Waals surface area contributed by atoms with Crippen LogP contribution in [0.15, 0.2) is 97.1 Å². The molecule has 0 aliphatic heterocycles. The van der Waals surface area contributed by atoms with Crippen LogP contribution in [0.3, 0.4) is 0 Å². The summed E-state index contributed by atoms with van der Waals surface area (Å²) in [5.41, 5.74) is 5.28. The van der Waals surface area contributed by atoms with E-state index in [2.05, 4.69) is 21.3 Å². The SMILES string of the molecule is Cc1cccc(NC(=O)c2cccc(NC(=O)CCCC(=O)Nc3cccc(C(=O)Nc4cccc(C)c4)c3)c2)c1. The van der Waals surface area contributed by atoms with Gasteiger partial charge in [-0.1, -0.05) is 36.4 Å². The van der Waals surface area contributed by atoms with Crippen LogP contribution in [0.2, 0.25) is 0 Å². The van der Waals surface area contributed by atoms with Gasteiger partial charge in [0.2, 0.25) is 11.8 Å². The Balaban J connectivity index is 1.23. The summed E-state index contributed by atoms with van der Waals surface area (Å²) in [6.07, 6.45) is 0.594. The number of rotatable bonds is 10. The van der Waals surface area contributed by atoms with Crippen LogP contribution in [0.5, 0.6) is 0 Å². The molecule has 0 saturated carbocycles. The third-order valence-electron chi connectivity index (χ3n) is 6.18. The predicted molar refractivity (Wildman–Crippen MR) is 162 cm³/mol. The maximum atomic E-state index is 12.6. The molecule has 4 aromatic carbocycles. The zero-order valence-electron chi connectivity index (χ0n) is 23.0. The molecule has 8 nitrogen and oxygen atoms in total. The number of benzene rings is 4. The Hall–Kier alpha value is -5.24. The molecule has 41 heavy (non-hydrogen) atoms. The molecule has 0 unspecified atom stereocenters. The normalized spacial score (nSPS) is 10.4. The Morgan fingerprint density at radius 2 is 0.854 bits per heavy atom. The molecular weight excluding hydrogens is 516 g/mol. The van der Waals surface area contributed by atoms with E-state index in [-0.39, 0.29) is 36.5 Å². The van der Waals surface area contributed by atoms with E-state index in [9.17, 15) is 19.2 Å². The highest BCUT2D eigenvalue weighted by atomic mass is 16.2. The van der Waals surface area contributed by atoms with Crippen molar-refractivity contribution in [3.63, 3.8) is 0 Å². The van der Waals surface area contributed by atoms with Gasteiger partial charge < -0.3 is 21.3 Å². The maximum Gasteiger partial charge on any atom is 0.255 e. The molecule has 0 saturated heterocycles. The average molecular weight is 549 g/mol. The summed E-state index contributed by atoms with van der Waals surface area (Å²) in [7, 11) is 0. The van der Waals surface area contributed by atoms with Gasteiger partial charge in [0.1, 0.15) is 0 Å². The zero-order chi connectivity index (χ0) is 29.2. The van der Waals surface area contributed by atoms with Crippen molar-refractivity contribution < 1.29 is 19.2 Å². The first-order valence-corrected chi connectivity index (χ1v) is 13.3. The Kier molecular flexibility index (Phi) is 9.62. The first-order valence-electron chi connectivity index (χ1n) is 13.3. The molecule has 0 radical (unpaired) electrons. The Bertz CT molecular complexity index is 1460. The lowest BCUT2D eigenvalue weighted by molar-refractivity contribution is -0.117. The number of nitrogens with one attached hydrogen (secondary N) is 4. The lowest BCUT2D eigenvalue weighted by Crippen LogP contribution is -2.16. The summed E-state index contributed by atoms with van der Waals surface area (Å²) < 4.78 is 0. The third-order valence-corrected chi connectivity index (χ3v) is 6.18.